The number of nitrogens with zero attached hydrogens (tertiary/aromatic N) is 1. The molecule has 3 atom stereocenters. The number of nitrogens with one attached hydrogen (secondary N) is 2. The number of benzene rings is 1. The zero-order chi connectivity index (χ0) is 22.5. The molecule has 1 saturated carbocycles. The Labute approximate surface area is 189 Å². The highest BCUT2D eigenvalue weighted by Gasteiger charge is 2.36. The van der Waals surface area contributed by atoms with Crippen molar-refractivity contribution in [1.29, 1.82) is 0 Å². The van der Waals surface area contributed by atoms with Crippen LogP contribution in [-0.2, 0) is 14.4 Å². The highest BCUT2D eigenvalue weighted by molar-refractivity contribution is 5.90. The molecule has 0 saturated heterocycles. The lowest BCUT2D eigenvalue weighted by Crippen LogP contribution is -2.49. The van der Waals surface area contributed by atoms with Crippen molar-refractivity contribution in [2.75, 3.05) is 13.1 Å². The van der Waals surface area contributed by atoms with Crippen molar-refractivity contribution in [2.24, 2.45) is 11.8 Å². The van der Waals surface area contributed by atoms with Crippen LogP contribution in [0.2, 0.25) is 0 Å². The Balaban J connectivity index is 1.54. The van der Waals surface area contributed by atoms with Gasteiger partial charge in [0.1, 0.15) is 12.6 Å². The third kappa shape index (κ3) is 5.75. The molecule has 1 unspecified atom stereocenters. The van der Waals surface area contributed by atoms with E-state index in [9.17, 15) is 19.5 Å². The van der Waals surface area contributed by atoms with Gasteiger partial charge in [0.25, 0.3) is 0 Å². The summed E-state index contributed by atoms with van der Waals surface area (Å²) < 4.78 is 2.29. The van der Waals surface area contributed by atoms with Gasteiger partial charge < -0.3 is 15.7 Å². The molecule has 4 rings (SSSR count). The second kappa shape index (κ2) is 10.3. The Bertz CT molecular complexity index is 893. The van der Waals surface area contributed by atoms with Crippen LogP contribution in [0.4, 0.5) is 5.69 Å². The fourth-order valence-corrected chi connectivity index (χ4v) is 4.94. The van der Waals surface area contributed by atoms with E-state index in [1.807, 2.05) is 12.1 Å². The summed E-state index contributed by atoms with van der Waals surface area (Å²) in [6.45, 7) is 1.55. The van der Waals surface area contributed by atoms with Crippen LogP contribution >= 0.6 is 0 Å². The molecule has 2 heterocycles. The molecule has 0 radical (unpaired) electrons. The summed E-state index contributed by atoms with van der Waals surface area (Å²) in [5, 5.41) is 15.2. The van der Waals surface area contributed by atoms with Gasteiger partial charge in [-0.1, -0.05) is 37.5 Å². The predicted octanol–water partition coefficient (Wildman–Crippen LogP) is 2.95. The van der Waals surface area contributed by atoms with Crippen LogP contribution in [0.25, 0.3) is 0 Å². The van der Waals surface area contributed by atoms with Gasteiger partial charge in [-0.15, -0.1) is 0 Å². The minimum atomic E-state index is -0.973. The van der Waals surface area contributed by atoms with Crippen molar-refractivity contribution in [3.8, 4) is 0 Å². The summed E-state index contributed by atoms with van der Waals surface area (Å²) in [5.74, 6) is -1.59. The van der Waals surface area contributed by atoms with Gasteiger partial charge in [-0.05, 0) is 31.6 Å². The third-order valence-electron chi connectivity index (χ3n) is 6.86. The van der Waals surface area contributed by atoms with E-state index in [2.05, 4.69) is 33.6 Å². The first-order chi connectivity index (χ1) is 15.5. The average molecular weight is 441 g/mol. The van der Waals surface area contributed by atoms with Crippen molar-refractivity contribution < 1.29 is 24.1 Å². The molecule has 7 nitrogen and oxygen atoms in total. The maximum absolute atomic E-state index is 13.1. The summed E-state index contributed by atoms with van der Waals surface area (Å²) in [5.41, 5.74) is 2.36. The summed E-state index contributed by atoms with van der Waals surface area (Å²) in [7, 11) is 0. The number of carbonyl (C=O) groups is 3. The molecular formula is C25H34N3O4+. The number of rotatable bonds is 6. The molecule has 2 bridgehead atoms. The van der Waals surface area contributed by atoms with Gasteiger partial charge >= 0.3 is 5.97 Å². The topological polar surface area (TPSA) is 98.5 Å². The maximum atomic E-state index is 13.1. The smallest absolute Gasteiger partial charge is 0.304 e. The number of hydrogen-bond donors (Lipinski definition) is 3. The number of fused-ring (bicyclic) bond motifs is 4. The van der Waals surface area contributed by atoms with E-state index in [0.29, 0.717) is 25.3 Å². The minimum Gasteiger partial charge on any atom is -0.481 e. The van der Waals surface area contributed by atoms with E-state index in [1.54, 1.807) is 0 Å². The largest absolute Gasteiger partial charge is 0.481 e. The fourth-order valence-electron chi connectivity index (χ4n) is 4.94. The van der Waals surface area contributed by atoms with Crippen molar-refractivity contribution in [2.45, 2.75) is 69.7 Å². The first kappa shape index (κ1) is 22.5. The molecule has 1 fully saturated rings. The minimum absolute atomic E-state index is 0.0318. The van der Waals surface area contributed by atoms with Crippen LogP contribution < -0.4 is 10.6 Å². The Morgan fingerprint density at radius 2 is 1.94 bits per heavy atom. The second-order valence-electron chi connectivity index (χ2n) is 9.48. The third-order valence-corrected chi connectivity index (χ3v) is 6.86. The average Bonchev–Trinajstić information content (AvgIpc) is 3.52. The monoisotopic (exact) mass is 440 g/mol. The second-order valence-corrected chi connectivity index (χ2v) is 9.48. The fraction of sp³-hybridized carbons (Fsp3) is 0.600. The summed E-state index contributed by atoms with van der Waals surface area (Å²) in [6, 6.07) is 7.57. The van der Waals surface area contributed by atoms with E-state index >= 15 is 0 Å². The van der Waals surface area contributed by atoms with Crippen molar-refractivity contribution >= 4 is 29.7 Å². The van der Waals surface area contributed by atoms with Crippen LogP contribution in [0.3, 0.4) is 0 Å². The maximum Gasteiger partial charge on any atom is 0.304 e. The number of hydrogen-bond acceptors (Lipinski definition) is 3. The molecule has 7 heteroatoms. The van der Waals surface area contributed by atoms with Crippen LogP contribution in [-0.4, -0.2) is 52.8 Å². The normalized spacial score (nSPS) is 24.6. The lowest BCUT2D eigenvalue weighted by atomic mass is 9.92. The molecule has 2 amide bonds. The molecule has 0 spiro atoms. The van der Waals surface area contributed by atoms with Gasteiger partial charge in [0.2, 0.25) is 17.5 Å². The van der Waals surface area contributed by atoms with E-state index in [4.69, 9.17) is 0 Å². The highest BCUT2D eigenvalue weighted by atomic mass is 16.4. The first-order valence-corrected chi connectivity index (χ1v) is 12.0. The number of carboxylic acid groups (broad SMARTS) is 1. The van der Waals surface area contributed by atoms with Gasteiger partial charge in [-0.3, -0.25) is 14.4 Å². The summed E-state index contributed by atoms with van der Waals surface area (Å²) >= 11 is 0. The van der Waals surface area contributed by atoms with Gasteiger partial charge in [0, 0.05) is 30.5 Å². The number of amides is 2. The predicted molar refractivity (Wildman–Crippen MR) is 121 cm³/mol. The zero-order valence-corrected chi connectivity index (χ0v) is 18.6. The first-order valence-electron chi connectivity index (χ1n) is 12.0. The molecule has 1 aromatic rings. The van der Waals surface area contributed by atoms with Gasteiger partial charge in [0.15, 0.2) is 6.21 Å². The Hall–Kier alpha value is -2.70. The number of aliphatic carboxylic acids is 1. The zero-order valence-electron chi connectivity index (χ0n) is 18.6. The Kier molecular flexibility index (Phi) is 7.22. The van der Waals surface area contributed by atoms with E-state index < -0.39 is 17.9 Å². The molecular weight excluding hydrogens is 406 g/mol. The Morgan fingerprint density at radius 3 is 2.72 bits per heavy atom. The quantitative estimate of drug-likeness (QED) is 0.593. The SMILES string of the molecule is O=C(O)C[C@@H](CC1CC1)C(=O)N[C@H]1CC2C=[N+](CCCCCCNC1=O)c1ccccc12. The molecule has 172 valence electrons. The molecule has 3 N–H and O–H groups in total. The number of carbonyl (C=O) groups excluding carboxylic acids is 2. The highest BCUT2D eigenvalue weighted by Crippen LogP contribution is 2.37. The van der Waals surface area contributed by atoms with E-state index in [1.165, 1.54) is 11.3 Å². The van der Waals surface area contributed by atoms with Crippen LogP contribution in [0.15, 0.2) is 24.3 Å². The van der Waals surface area contributed by atoms with Gasteiger partial charge in [0.05, 0.1) is 12.3 Å². The molecule has 32 heavy (non-hydrogen) atoms. The lowest BCUT2D eigenvalue weighted by Gasteiger charge is -2.23. The van der Waals surface area contributed by atoms with Gasteiger partial charge in [-0.25, -0.2) is 4.58 Å². The standard InChI is InChI=1S/C25H33N3O4/c29-23(30)15-18(13-17-9-10-17)24(31)27-21-14-19-16-28(22-8-4-3-7-20(19)22)12-6-2-1-5-11-26-25(21)32/h3-4,7-8,16-19,21H,1-2,5-6,9-15H2,(H2-,26,27,29,30,31,32)/p+1/t18-,19?,21+/m1/s1. The molecule has 0 aromatic heterocycles. The summed E-state index contributed by atoms with van der Waals surface area (Å²) in [4.78, 5) is 37.4. The van der Waals surface area contributed by atoms with E-state index in [-0.39, 0.29) is 24.2 Å². The van der Waals surface area contributed by atoms with E-state index in [0.717, 1.165) is 45.1 Å². The number of carboxylic acids is 1. The van der Waals surface area contributed by atoms with Gasteiger partial charge in [-0.2, -0.15) is 0 Å². The Morgan fingerprint density at radius 1 is 1.16 bits per heavy atom. The van der Waals surface area contributed by atoms with Crippen LogP contribution in [0, 0.1) is 11.8 Å². The lowest BCUT2D eigenvalue weighted by molar-refractivity contribution is -0.433. The van der Waals surface area contributed by atoms with Crippen LogP contribution in [0.1, 0.15) is 69.3 Å². The summed E-state index contributed by atoms with van der Waals surface area (Å²) in [6.07, 6.45) is 9.34. The molecule has 1 aliphatic carbocycles. The van der Waals surface area contributed by atoms with Crippen molar-refractivity contribution in [1.82, 2.24) is 10.6 Å². The van der Waals surface area contributed by atoms with Crippen molar-refractivity contribution in [3.63, 3.8) is 0 Å². The van der Waals surface area contributed by atoms with Crippen molar-refractivity contribution in [3.05, 3.63) is 29.8 Å². The number of para-hydroxylation sites is 1. The molecule has 3 aliphatic rings. The van der Waals surface area contributed by atoms with Crippen LogP contribution in [0.5, 0.6) is 0 Å². The molecule has 1 aromatic carbocycles. The molecule has 2 aliphatic heterocycles.